The monoisotopic (exact) mass is 354 g/mol. The summed E-state index contributed by atoms with van der Waals surface area (Å²) in [6.07, 6.45) is -1.78. The Morgan fingerprint density at radius 2 is 1.54 bits per heavy atom. The van der Waals surface area contributed by atoms with Gasteiger partial charge in [-0.1, -0.05) is 48.5 Å². The summed E-state index contributed by atoms with van der Waals surface area (Å²) in [5.41, 5.74) is 4.16. The van der Waals surface area contributed by atoms with Gasteiger partial charge in [0.25, 0.3) is 0 Å². The van der Waals surface area contributed by atoms with Crippen LogP contribution < -0.4 is 5.32 Å². The third-order valence-electron chi connectivity index (χ3n) is 4.30. The summed E-state index contributed by atoms with van der Waals surface area (Å²) in [7, 11) is 0. The molecular weight excluding hydrogens is 338 g/mol. The molecule has 0 saturated carbocycles. The first-order chi connectivity index (χ1) is 12.5. The van der Waals surface area contributed by atoms with Crippen molar-refractivity contribution in [3.8, 4) is 11.1 Å². The number of fused-ring (bicyclic) bond motifs is 3. The molecular formula is C19H16NO6. The molecule has 1 aliphatic rings. The molecule has 26 heavy (non-hydrogen) atoms. The van der Waals surface area contributed by atoms with Gasteiger partial charge in [-0.05, 0) is 22.3 Å². The Hall–Kier alpha value is -3.35. The van der Waals surface area contributed by atoms with Gasteiger partial charge in [0.1, 0.15) is 12.6 Å². The lowest BCUT2D eigenvalue weighted by molar-refractivity contribution is -0.150. The molecule has 1 radical (unpaired) electrons. The number of carboxylic acids is 1. The zero-order chi connectivity index (χ0) is 18.7. The van der Waals surface area contributed by atoms with Crippen LogP contribution in [0.25, 0.3) is 11.1 Å². The number of aliphatic carboxylic acids is 1. The first kappa shape index (κ1) is 17.5. The second-order valence-electron chi connectivity index (χ2n) is 5.94. The summed E-state index contributed by atoms with van der Waals surface area (Å²) >= 11 is 0. The van der Waals surface area contributed by atoms with Crippen LogP contribution in [0.2, 0.25) is 0 Å². The maximum Gasteiger partial charge on any atom is 0.407 e. The number of hydrogen-bond donors (Lipinski definition) is 2. The minimum Gasteiger partial charge on any atom is -0.481 e. The maximum absolute atomic E-state index is 11.9. The van der Waals surface area contributed by atoms with Crippen molar-refractivity contribution in [2.24, 2.45) is 0 Å². The van der Waals surface area contributed by atoms with Crippen molar-refractivity contribution in [3.63, 3.8) is 0 Å². The van der Waals surface area contributed by atoms with E-state index in [1.54, 1.807) is 0 Å². The number of ether oxygens (including phenoxy) is 1. The molecule has 2 aromatic rings. The van der Waals surface area contributed by atoms with Crippen molar-refractivity contribution in [2.45, 2.75) is 18.4 Å². The van der Waals surface area contributed by atoms with Crippen LogP contribution in [0.4, 0.5) is 4.79 Å². The Morgan fingerprint density at radius 1 is 1.00 bits per heavy atom. The Morgan fingerprint density at radius 3 is 2.04 bits per heavy atom. The predicted molar refractivity (Wildman–Crippen MR) is 89.9 cm³/mol. The smallest absolute Gasteiger partial charge is 0.407 e. The SMILES string of the molecule is [O]C(=O)[C@H](CC(=O)O)NC(=O)OCC1c2ccccc2-c2ccccc21. The van der Waals surface area contributed by atoms with Crippen molar-refractivity contribution >= 4 is 18.0 Å². The highest BCUT2D eigenvalue weighted by Gasteiger charge is 2.30. The van der Waals surface area contributed by atoms with Crippen LogP contribution in [0.1, 0.15) is 23.5 Å². The van der Waals surface area contributed by atoms with E-state index in [0.717, 1.165) is 22.3 Å². The largest absolute Gasteiger partial charge is 0.481 e. The van der Waals surface area contributed by atoms with Crippen molar-refractivity contribution in [1.82, 2.24) is 5.32 Å². The van der Waals surface area contributed by atoms with Crippen LogP contribution >= 0.6 is 0 Å². The van der Waals surface area contributed by atoms with Crippen molar-refractivity contribution in [3.05, 3.63) is 59.7 Å². The fourth-order valence-corrected chi connectivity index (χ4v) is 3.15. The summed E-state index contributed by atoms with van der Waals surface area (Å²) < 4.78 is 5.17. The lowest BCUT2D eigenvalue weighted by Crippen LogP contribution is -2.42. The molecule has 1 amide bonds. The number of hydrogen-bond acceptors (Lipinski definition) is 4. The molecule has 7 heteroatoms. The van der Waals surface area contributed by atoms with E-state index in [-0.39, 0.29) is 12.5 Å². The van der Waals surface area contributed by atoms with Gasteiger partial charge in [0.05, 0.1) is 6.42 Å². The summed E-state index contributed by atoms with van der Waals surface area (Å²) in [5.74, 6) is -3.21. The zero-order valence-corrected chi connectivity index (χ0v) is 13.7. The average molecular weight is 354 g/mol. The molecule has 0 bridgehead atoms. The fraction of sp³-hybridized carbons (Fsp3) is 0.211. The lowest BCUT2D eigenvalue weighted by Gasteiger charge is -2.16. The molecule has 0 unspecified atom stereocenters. The van der Waals surface area contributed by atoms with Crippen LogP contribution in [-0.4, -0.2) is 35.8 Å². The van der Waals surface area contributed by atoms with Gasteiger partial charge in [-0.2, -0.15) is 0 Å². The van der Waals surface area contributed by atoms with E-state index in [1.807, 2.05) is 53.8 Å². The molecule has 0 aromatic heterocycles. The fourth-order valence-electron chi connectivity index (χ4n) is 3.15. The Balaban J connectivity index is 1.71. The standard InChI is InChI=1S/C19H16NO6/c21-17(22)9-16(18(23)24)20-19(25)26-10-15-13-7-3-1-5-11(13)12-6-2-4-8-14(12)15/h1-8,15-16H,9-10H2,(H,20,25)(H,21,22)/t16-/m0/s1. The first-order valence-electron chi connectivity index (χ1n) is 8.01. The molecule has 1 aliphatic carbocycles. The molecule has 1 atom stereocenters. The number of amides is 1. The third-order valence-corrected chi connectivity index (χ3v) is 4.30. The van der Waals surface area contributed by atoms with Crippen molar-refractivity contribution < 1.29 is 29.3 Å². The third kappa shape index (κ3) is 3.51. The average Bonchev–Trinajstić information content (AvgIpc) is 2.93. The molecule has 0 spiro atoms. The van der Waals surface area contributed by atoms with E-state index in [9.17, 15) is 19.5 Å². The van der Waals surface area contributed by atoms with Gasteiger partial charge in [-0.25, -0.2) is 14.7 Å². The zero-order valence-electron chi connectivity index (χ0n) is 13.7. The predicted octanol–water partition coefficient (Wildman–Crippen LogP) is 2.33. The second-order valence-corrected chi connectivity index (χ2v) is 5.94. The number of alkyl carbamates (subject to hydrolysis) is 1. The Kier molecular flexibility index (Phi) is 4.88. The minimum absolute atomic E-state index is 0.00665. The highest BCUT2D eigenvalue weighted by molar-refractivity contribution is 5.84. The first-order valence-corrected chi connectivity index (χ1v) is 8.01. The minimum atomic E-state index is -1.68. The van der Waals surface area contributed by atoms with Gasteiger partial charge in [0, 0.05) is 5.92 Å². The molecule has 0 fully saturated rings. The number of carbonyl (C=O) groups is 3. The molecule has 0 saturated heterocycles. The number of nitrogens with one attached hydrogen (secondary N) is 1. The Bertz CT molecular complexity index is 817. The van der Waals surface area contributed by atoms with E-state index in [1.165, 1.54) is 0 Å². The molecule has 0 aliphatic heterocycles. The Labute approximate surface area is 149 Å². The summed E-state index contributed by atoms with van der Waals surface area (Å²) in [6, 6.07) is 13.9. The van der Waals surface area contributed by atoms with Gasteiger partial charge >= 0.3 is 18.0 Å². The number of carbonyl (C=O) groups excluding carboxylic acids is 2. The van der Waals surface area contributed by atoms with Crippen LogP contribution in [0.5, 0.6) is 0 Å². The van der Waals surface area contributed by atoms with Crippen LogP contribution in [0.3, 0.4) is 0 Å². The number of rotatable bonds is 6. The van der Waals surface area contributed by atoms with E-state index >= 15 is 0 Å². The quantitative estimate of drug-likeness (QED) is 0.827. The van der Waals surface area contributed by atoms with Gasteiger partial charge in [-0.3, -0.25) is 4.79 Å². The van der Waals surface area contributed by atoms with Gasteiger partial charge in [-0.15, -0.1) is 0 Å². The van der Waals surface area contributed by atoms with Crippen LogP contribution in [0.15, 0.2) is 48.5 Å². The molecule has 3 rings (SSSR count). The van der Waals surface area contributed by atoms with Gasteiger partial charge in [0.15, 0.2) is 0 Å². The van der Waals surface area contributed by atoms with E-state index < -0.39 is 30.5 Å². The molecule has 2 aromatic carbocycles. The van der Waals surface area contributed by atoms with Crippen molar-refractivity contribution in [1.29, 1.82) is 0 Å². The number of carboxylic acid groups (broad SMARTS) is 1. The molecule has 133 valence electrons. The maximum atomic E-state index is 11.9. The summed E-state index contributed by atoms with van der Waals surface area (Å²) in [4.78, 5) is 33.5. The van der Waals surface area contributed by atoms with Crippen LogP contribution in [0, 0.1) is 0 Å². The van der Waals surface area contributed by atoms with E-state index in [2.05, 4.69) is 0 Å². The summed E-state index contributed by atoms with van der Waals surface area (Å²) in [6.45, 7) is 0.00665. The topological polar surface area (TPSA) is 113 Å². The van der Waals surface area contributed by atoms with Crippen LogP contribution in [-0.2, 0) is 19.4 Å². The number of benzene rings is 2. The molecule has 2 N–H and O–H groups in total. The van der Waals surface area contributed by atoms with Gasteiger partial charge in [0.2, 0.25) is 0 Å². The lowest BCUT2D eigenvalue weighted by atomic mass is 9.98. The second kappa shape index (κ2) is 7.26. The highest BCUT2D eigenvalue weighted by atomic mass is 16.5. The van der Waals surface area contributed by atoms with Crippen molar-refractivity contribution in [2.75, 3.05) is 6.61 Å². The summed E-state index contributed by atoms with van der Waals surface area (Å²) in [5, 5.41) is 21.6. The highest BCUT2D eigenvalue weighted by Crippen LogP contribution is 2.44. The normalized spacial score (nSPS) is 13.4. The molecule has 7 nitrogen and oxygen atoms in total. The van der Waals surface area contributed by atoms with E-state index in [4.69, 9.17) is 9.84 Å². The van der Waals surface area contributed by atoms with Gasteiger partial charge < -0.3 is 15.2 Å². The van der Waals surface area contributed by atoms with E-state index in [0.29, 0.717) is 0 Å². The molecule has 0 heterocycles.